The molecule has 0 fully saturated rings. The van der Waals surface area contributed by atoms with Gasteiger partial charge in [0.1, 0.15) is 0 Å². The minimum Gasteiger partial charge on any atom is -0.348 e. The SMILES string of the molecule is CN(Cc1ccccc1)C(=S)Nc1cccc(Cl)c1. The third-order valence-electron chi connectivity index (χ3n) is 2.69. The lowest BCUT2D eigenvalue weighted by molar-refractivity contribution is 0.508. The lowest BCUT2D eigenvalue weighted by atomic mass is 10.2. The molecule has 0 bridgehead atoms. The zero-order valence-corrected chi connectivity index (χ0v) is 12.2. The van der Waals surface area contributed by atoms with Crippen molar-refractivity contribution in [2.24, 2.45) is 0 Å². The summed E-state index contributed by atoms with van der Waals surface area (Å²) in [6, 6.07) is 17.7. The van der Waals surface area contributed by atoms with Crippen LogP contribution >= 0.6 is 23.8 Å². The molecule has 19 heavy (non-hydrogen) atoms. The summed E-state index contributed by atoms with van der Waals surface area (Å²) < 4.78 is 0. The van der Waals surface area contributed by atoms with Gasteiger partial charge in [0.15, 0.2) is 5.11 Å². The van der Waals surface area contributed by atoms with E-state index in [2.05, 4.69) is 17.4 Å². The van der Waals surface area contributed by atoms with Crippen molar-refractivity contribution in [1.82, 2.24) is 4.90 Å². The molecule has 0 aromatic heterocycles. The lowest BCUT2D eigenvalue weighted by Crippen LogP contribution is -2.30. The molecule has 0 spiro atoms. The fraction of sp³-hybridized carbons (Fsp3) is 0.133. The predicted molar refractivity (Wildman–Crippen MR) is 85.6 cm³/mol. The maximum atomic E-state index is 5.94. The van der Waals surface area contributed by atoms with Gasteiger partial charge in [-0.3, -0.25) is 0 Å². The zero-order chi connectivity index (χ0) is 13.7. The fourth-order valence-corrected chi connectivity index (χ4v) is 2.09. The Hall–Kier alpha value is -1.58. The fourth-order valence-electron chi connectivity index (χ4n) is 1.71. The number of halogens is 1. The molecule has 0 saturated heterocycles. The van der Waals surface area contributed by atoms with Gasteiger partial charge in [-0.2, -0.15) is 0 Å². The van der Waals surface area contributed by atoms with Crippen molar-refractivity contribution in [2.75, 3.05) is 12.4 Å². The molecule has 0 amide bonds. The van der Waals surface area contributed by atoms with Crippen molar-refractivity contribution in [3.63, 3.8) is 0 Å². The topological polar surface area (TPSA) is 15.3 Å². The average molecular weight is 291 g/mol. The van der Waals surface area contributed by atoms with E-state index in [1.165, 1.54) is 5.56 Å². The summed E-state index contributed by atoms with van der Waals surface area (Å²) in [6.45, 7) is 0.771. The van der Waals surface area contributed by atoms with Crippen LogP contribution in [-0.2, 0) is 6.54 Å². The molecule has 2 aromatic carbocycles. The molecule has 0 aliphatic rings. The second kappa shape index (κ2) is 6.55. The quantitative estimate of drug-likeness (QED) is 0.854. The van der Waals surface area contributed by atoms with Crippen LogP contribution in [-0.4, -0.2) is 17.1 Å². The molecular weight excluding hydrogens is 276 g/mol. The Balaban J connectivity index is 1.96. The summed E-state index contributed by atoms with van der Waals surface area (Å²) in [5.41, 5.74) is 2.12. The standard InChI is InChI=1S/C15H15ClN2S/c1-18(11-12-6-3-2-4-7-12)15(19)17-14-9-5-8-13(16)10-14/h2-10H,11H2,1H3,(H,17,19). The monoisotopic (exact) mass is 290 g/mol. The lowest BCUT2D eigenvalue weighted by Gasteiger charge is -2.21. The highest BCUT2D eigenvalue weighted by molar-refractivity contribution is 7.80. The number of anilines is 1. The summed E-state index contributed by atoms with van der Waals surface area (Å²) >= 11 is 11.3. The van der Waals surface area contributed by atoms with Crippen LogP contribution in [0.3, 0.4) is 0 Å². The van der Waals surface area contributed by atoms with Crippen LogP contribution in [0, 0.1) is 0 Å². The second-order valence-corrected chi connectivity index (χ2v) is 5.11. The van der Waals surface area contributed by atoms with Crippen molar-refractivity contribution in [2.45, 2.75) is 6.54 Å². The van der Waals surface area contributed by atoms with Gasteiger partial charge in [-0.1, -0.05) is 48.0 Å². The Morgan fingerprint density at radius 1 is 1.16 bits per heavy atom. The van der Waals surface area contributed by atoms with Crippen molar-refractivity contribution < 1.29 is 0 Å². The molecule has 0 unspecified atom stereocenters. The predicted octanol–water partition coefficient (Wildman–Crippen LogP) is 4.17. The minimum atomic E-state index is 0.672. The molecule has 1 N–H and O–H groups in total. The first kappa shape index (κ1) is 13.8. The van der Waals surface area contributed by atoms with Crippen molar-refractivity contribution in [1.29, 1.82) is 0 Å². The Kier molecular flexibility index (Phi) is 4.77. The van der Waals surface area contributed by atoms with E-state index >= 15 is 0 Å². The van der Waals surface area contributed by atoms with Gasteiger partial charge in [0.2, 0.25) is 0 Å². The van der Waals surface area contributed by atoms with Crippen LogP contribution in [0.25, 0.3) is 0 Å². The molecule has 0 radical (unpaired) electrons. The molecule has 0 aliphatic heterocycles. The number of nitrogens with zero attached hydrogens (tertiary/aromatic N) is 1. The third-order valence-corrected chi connectivity index (χ3v) is 3.33. The molecule has 98 valence electrons. The highest BCUT2D eigenvalue weighted by atomic mass is 35.5. The van der Waals surface area contributed by atoms with E-state index in [0.717, 1.165) is 12.2 Å². The number of thiocarbonyl (C=S) groups is 1. The van der Waals surface area contributed by atoms with Crippen LogP contribution in [0.4, 0.5) is 5.69 Å². The summed E-state index contributed by atoms with van der Waals surface area (Å²) in [6.07, 6.45) is 0. The second-order valence-electron chi connectivity index (χ2n) is 4.28. The van der Waals surface area contributed by atoms with Crippen LogP contribution in [0.1, 0.15) is 5.56 Å². The van der Waals surface area contributed by atoms with Gasteiger partial charge in [0.05, 0.1) is 0 Å². The first-order chi connectivity index (χ1) is 9.15. The van der Waals surface area contributed by atoms with Crippen LogP contribution in [0.5, 0.6) is 0 Å². The van der Waals surface area contributed by atoms with E-state index in [0.29, 0.717) is 10.1 Å². The number of hydrogen-bond acceptors (Lipinski definition) is 1. The van der Waals surface area contributed by atoms with Gasteiger partial charge in [0.25, 0.3) is 0 Å². The highest BCUT2D eigenvalue weighted by Crippen LogP contribution is 2.15. The van der Waals surface area contributed by atoms with Gasteiger partial charge in [-0.25, -0.2) is 0 Å². The average Bonchev–Trinajstić information content (AvgIpc) is 2.40. The van der Waals surface area contributed by atoms with Gasteiger partial charge in [0, 0.05) is 24.3 Å². The van der Waals surface area contributed by atoms with E-state index in [-0.39, 0.29) is 0 Å². The minimum absolute atomic E-state index is 0.672. The molecule has 4 heteroatoms. The van der Waals surface area contributed by atoms with E-state index in [9.17, 15) is 0 Å². The molecule has 0 heterocycles. The molecule has 2 aromatic rings. The number of hydrogen-bond donors (Lipinski definition) is 1. The van der Waals surface area contributed by atoms with Gasteiger partial charge >= 0.3 is 0 Å². The van der Waals surface area contributed by atoms with E-state index in [1.807, 2.05) is 54.4 Å². The Labute approximate surface area is 124 Å². The Morgan fingerprint density at radius 3 is 2.58 bits per heavy atom. The molecule has 2 nitrogen and oxygen atoms in total. The zero-order valence-electron chi connectivity index (χ0n) is 10.6. The number of benzene rings is 2. The maximum Gasteiger partial charge on any atom is 0.173 e. The van der Waals surface area contributed by atoms with Gasteiger partial charge in [-0.05, 0) is 36.0 Å². The number of rotatable bonds is 3. The van der Waals surface area contributed by atoms with Gasteiger partial charge < -0.3 is 10.2 Å². The van der Waals surface area contributed by atoms with Crippen molar-refractivity contribution in [3.05, 3.63) is 65.2 Å². The normalized spacial score (nSPS) is 10.0. The Morgan fingerprint density at radius 2 is 1.89 bits per heavy atom. The van der Waals surface area contributed by atoms with Gasteiger partial charge in [-0.15, -0.1) is 0 Å². The molecule has 0 saturated carbocycles. The van der Waals surface area contributed by atoms with E-state index in [1.54, 1.807) is 0 Å². The third kappa shape index (κ3) is 4.23. The number of nitrogens with one attached hydrogen (secondary N) is 1. The summed E-state index contributed by atoms with van der Waals surface area (Å²) in [5.74, 6) is 0. The van der Waals surface area contributed by atoms with E-state index in [4.69, 9.17) is 23.8 Å². The highest BCUT2D eigenvalue weighted by Gasteiger charge is 2.05. The van der Waals surface area contributed by atoms with Crippen LogP contribution in [0.15, 0.2) is 54.6 Å². The smallest absolute Gasteiger partial charge is 0.173 e. The van der Waals surface area contributed by atoms with E-state index < -0.39 is 0 Å². The summed E-state index contributed by atoms with van der Waals surface area (Å²) in [5, 5.41) is 4.54. The molecule has 2 rings (SSSR count). The maximum absolute atomic E-state index is 5.94. The summed E-state index contributed by atoms with van der Waals surface area (Å²) in [4.78, 5) is 1.99. The molecule has 0 aliphatic carbocycles. The van der Waals surface area contributed by atoms with Crippen LogP contribution in [0.2, 0.25) is 5.02 Å². The van der Waals surface area contributed by atoms with Crippen LogP contribution < -0.4 is 5.32 Å². The summed E-state index contributed by atoms with van der Waals surface area (Å²) in [7, 11) is 1.97. The Bertz CT molecular complexity index is 557. The first-order valence-corrected chi connectivity index (χ1v) is 6.75. The largest absolute Gasteiger partial charge is 0.348 e. The van der Waals surface area contributed by atoms with Crippen molar-refractivity contribution >= 4 is 34.6 Å². The first-order valence-electron chi connectivity index (χ1n) is 5.97. The molecule has 0 atom stereocenters. The van der Waals surface area contributed by atoms with Crippen molar-refractivity contribution in [3.8, 4) is 0 Å². The molecular formula is C15H15ClN2S.